The van der Waals surface area contributed by atoms with E-state index in [2.05, 4.69) is 46.1 Å². The van der Waals surface area contributed by atoms with Crippen molar-refractivity contribution in [2.24, 2.45) is 5.41 Å². The van der Waals surface area contributed by atoms with E-state index in [9.17, 15) is 33.9 Å². The molecule has 22 heteroatoms. The van der Waals surface area contributed by atoms with Crippen molar-refractivity contribution in [2.75, 3.05) is 77.1 Å². The van der Waals surface area contributed by atoms with E-state index in [1.807, 2.05) is 126 Å². The Hall–Kier alpha value is -7.37. The topological polar surface area (TPSA) is 258 Å². The normalized spacial score (nSPS) is 16.2. The van der Waals surface area contributed by atoms with Gasteiger partial charge in [0, 0.05) is 113 Å². The second-order valence-corrected chi connectivity index (χ2v) is 23.4. The third-order valence-corrected chi connectivity index (χ3v) is 15.9. The van der Waals surface area contributed by atoms with Crippen molar-refractivity contribution in [2.45, 2.75) is 112 Å². The number of fused-ring (bicyclic) bond motifs is 1. The average Bonchev–Trinajstić information content (AvgIpc) is 3.74. The number of piperazine rings is 1. The maximum Gasteiger partial charge on any atom is 0.253 e. The highest BCUT2D eigenvalue weighted by atomic mass is 32.1. The van der Waals surface area contributed by atoms with Crippen molar-refractivity contribution in [3.05, 3.63) is 116 Å². The van der Waals surface area contributed by atoms with Gasteiger partial charge in [0.2, 0.25) is 23.6 Å². The Balaban J connectivity index is 0.698. The van der Waals surface area contributed by atoms with E-state index in [0.717, 1.165) is 87.0 Å². The third kappa shape index (κ3) is 15.6. The second kappa shape index (κ2) is 27.6. The number of aromatic amines is 1. The van der Waals surface area contributed by atoms with Crippen molar-refractivity contribution < 1.29 is 38.6 Å². The van der Waals surface area contributed by atoms with E-state index in [-0.39, 0.29) is 101 Å². The summed E-state index contributed by atoms with van der Waals surface area (Å²) in [7, 11) is 0. The van der Waals surface area contributed by atoms with Crippen molar-refractivity contribution in [1.82, 2.24) is 55.8 Å². The standard InChI is InChI=1S/C60H78N12O9S/c1-37(2)72-49-29-44(28-46(48(49)34-66-72)56(76)64-33-47-38(3)27-39(4)67-57(47)77)43-13-14-51(62-32-43)70-21-19-69(20-22-70)18-17-61-52(74)15-23-80-25-26-81-24-16-53(75)68-55(60(6,7)8)59(79)71-35-45(73)30-50(71)58(78)63-31-41-9-11-42(12-10-41)54-40(5)65-36-82-54/h9-14,27-29,32,34,36-37,45,50,55,73H,15-26,30-31,33,35H2,1-8H3,(H,61,74)(H,63,78)(H,64,76)(H,67,77)(H,68,75)/t45-,50+,55?/m1/s1. The number of benzene rings is 2. The molecule has 0 radical (unpaired) electrons. The predicted molar refractivity (Wildman–Crippen MR) is 315 cm³/mol. The average molecular weight is 1140 g/mol. The molecule has 1 unspecified atom stereocenters. The number of nitrogens with one attached hydrogen (secondary N) is 5. The number of pyridine rings is 2. The van der Waals surface area contributed by atoms with Crippen molar-refractivity contribution in [3.63, 3.8) is 0 Å². The monoisotopic (exact) mass is 1140 g/mol. The van der Waals surface area contributed by atoms with Crippen LogP contribution in [0.25, 0.3) is 32.5 Å². The first-order valence-corrected chi connectivity index (χ1v) is 29.0. The summed E-state index contributed by atoms with van der Waals surface area (Å²) in [5.41, 5.74) is 8.84. The van der Waals surface area contributed by atoms with Crippen molar-refractivity contribution >= 4 is 57.6 Å². The molecule has 21 nitrogen and oxygen atoms in total. The van der Waals surface area contributed by atoms with E-state index < -0.39 is 29.5 Å². The molecule has 438 valence electrons. The van der Waals surface area contributed by atoms with Gasteiger partial charge in [-0.3, -0.25) is 38.3 Å². The molecular formula is C60H78N12O9S. The van der Waals surface area contributed by atoms with Gasteiger partial charge in [0.15, 0.2) is 0 Å². The Morgan fingerprint density at radius 2 is 1.52 bits per heavy atom. The summed E-state index contributed by atoms with van der Waals surface area (Å²) >= 11 is 1.57. The molecule has 82 heavy (non-hydrogen) atoms. The Kier molecular flexibility index (Phi) is 20.4. The molecular weight excluding hydrogens is 1060 g/mol. The number of nitrogens with zero attached hydrogens (tertiary/aromatic N) is 7. The van der Waals surface area contributed by atoms with Crippen LogP contribution in [-0.2, 0) is 41.7 Å². The van der Waals surface area contributed by atoms with Crippen LogP contribution >= 0.6 is 11.3 Å². The maximum absolute atomic E-state index is 14.0. The first kappa shape index (κ1) is 60.7. The fraction of sp³-hybridized carbons (Fsp3) is 0.483. The highest BCUT2D eigenvalue weighted by Crippen LogP contribution is 2.32. The number of carbonyl (C=O) groups excluding carboxylic acids is 5. The number of amides is 5. The van der Waals surface area contributed by atoms with E-state index in [1.165, 1.54) is 4.90 Å². The van der Waals surface area contributed by atoms with Gasteiger partial charge in [-0.2, -0.15) is 5.10 Å². The molecule has 8 rings (SSSR count). The first-order chi connectivity index (χ1) is 39.2. The Morgan fingerprint density at radius 3 is 2.17 bits per heavy atom. The lowest BCUT2D eigenvalue weighted by molar-refractivity contribution is -0.144. The number of likely N-dealkylation sites (tertiary alicyclic amines) is 1. The Labute approximate surface area is 482 Å². The lowest BCUT2D eigenvalue weighted by atomic mass is 9.85. The quantitative estimate of drug-likeness (QED) is 0.0426. The number of hydrogen-bond acceptors (Lipinski definition) is 15. The van der Waals surface area contributed by atoms with Gasteiger partial charge in [-0.25, -0.2) is 9.97 Å². The highest BCUT2D eigenvalue weighted by Gasteiger charge is 2.44. The van der Waals surface area contributed by atoms with Gasteiger partial charge in [-0.15, -0.1) is 11.3 Å². The molecule has 6 aromatic rings. The number of anilines is 1. The summed E-state index contributed by atoms with van der Waals surface area (Å²) in [4.78, 5) is 98.6. The number of aliphatic hydroxyl groups is 1. The molecule has 3 atom stereocenters. The summed E-state index contributed by atoms with van der Waals surface area (Å²) in [5.74, 6) is -0.762. The number of ether oxygens (including phenoxy) is 2. The van der Waals surface area contributed by atoms with Crippen LogP contribution in [0.5, 0.6) is 0 Å². The minimum absolute atomic E-state index is 0.00660. The summed E-state index contributed by atoms with van der Waals surface area (Å²) in [6.45, 7) is 20.7. The van der Waals surface area contributed by atoms with Crippen LogP contribution in [0.3, 0.4) is 0 Å². The molecule has 0 spiro atoms. The van der Waals surface area contributed by atoms with Crippen LogP contribution < -0.4 is 31.7 Å². The number of rotatable bonds is 24. The molecule has 0 saturated carbocycles. The lowest BCUT2D eigenvalue weighted by Gasteiger charge is -2.35. The summed E-state index contributed by atoms with van der Waals surface area (Å²) in [5, 5.41) is 27.6. The second-order valence-electron chi connectivity index (χ2n) is 22.5. The van der Waals surface area contributed by atoms with Crippen molar-refractivity contribution in [1.29, 1.82) is 0 Å². The molecule has 2 fully saturated rings. The van der Waals surface area contributed by atoms with Gasteiger partial charge in [0.1, 0.15) is 17.9 Å². The third-order valence-electron chi connectivity index (χ3n) is 14.9. The molecule has 6 N–H and O–H groups in total. The molecule has 2 aliphatic heterocycles. The van der Waals surface area contributed by atoms with Gasteiger partial charge in [-0.1, -0.05) is 45.0 Å². The van der Waals surface area contributed by atoms with Gasteiger partial charge in [-0.05, 0) is 92.6 Å². The zero-order chi connectivity index (χ0) is 58.7. The van der Waals surface area contributed by atoms with Crippen LogP contribution in [-0.4, -0.2) is 160 Å². The van der Waals surface area contributed by atoms with E-state index >= 15 is 0 Å². The molecule has 2 saturated heterocycles. The number of carbonyl (C=O) groups is 5. The van der Waals surface area contributed by atoms with Gasteiger partial charge in [0.05, 0.1) is 65.9 Å². The van der Waals surface area contributed by atoms with Crippen LogP contribution in [0.4, 0.5) is 5.82 Å². The number of H-pyrrole nitrogens is 1. The predicted octanol–water partition coefficient (Wildman–Crippen LogP) is 5.21. The molecule has 2 aliphatic rings. The fourth-order valence-electron chi connectivity index (χ4n) is 10.3. The molecule has 2 aromatic carbocycles. The maximum atomic E-state index is 14.0. The van der Waals surface area contributed by atoms with Crippen LogP contribution in [0.15, 0.2) is 77.3 Å². The van der Waals surface area contributed by atoms with Crippen LogP contribution in [0, 0.1) is 26.2 Å². The minimum Gasteiger partial charge on any atom is -0.391 e. The van der Waals surface area contributed by atoms with Gasteiger partial charge < -0.3 is 50.6 Å². The molecule has 5 amide bonds. The van der Waals surface area contributed by atoms with Crippen LogP contribution in [0.2, 0.25) is 0 Å². The number of thiazole rings is 1. The Morgan fingerprint density at radius 1 is 0.817 bits per heavy atom. The largest absolute Gasteiger partial charge is 0.391 e. The van der Waals surface area contributed by atoms with E-state index in [4.69, 9.17) is 14.5 Å². The minimum atomic E-state index is -0.954. The van der Waals surface area contributed by atoms with Gasteiger partial charge >= 0.3 is 0 Å². The van der Waals surface area contributed by atoms with E-state index in [1.54, 1.807) is 17.5 Å². The molecule has 0 aliphatic carbocycles. The Bertz CT molecular complexity index is 3250. The summed E-state index contributed by atoms with van der Waals surface area (Å²) in [6.07, 6.45) is 2.94. The molecule has 0 bridgehead atoms. The molecule has 4 aromatic heterocycles. The number of aryl methyl sites for hydroxylation is 3. The van der Waals surface area contributed by atoms with Crippen LogP contribution in [0.1, 0.15) is 98.4 Å². The smallest absolute Gasteiger partial charge is 0.253 e. The number of aliphatic hydroxyl groups excluding tert-OH is 1. The van der Waals surface area contributed by atoms with Gasteiger partial charge in [0.25, 0.3) is 11.5 Å². The van der Waals surface area contributed by atoms with Crippen molar-refractivity contribution in [3.8, 4) is 21.6 Å². The number of β-amino-alcohol motifs (C(OH)–C–C–N with tert-alkyl or cyclic N) is 1. The zero-order valence-electron chi connectivity index (χ0n) is 48.3. The number of hydrogen-bond donors (Lipinski definition) is 6. The fourth-order valence-corrected chi connectivity index (χ4v) is 11.1. The highest BCUT2D eigenvalue weighted by molar-refractivity contribution is 7.13. The summed E-state index contributed by atoms with van der Waals surface area (Å²) in [6, 6.07) is 15.9. The SMILES string of the molecule is Cc1cc(C)c(CNC(=O)c2cc(-c3ccc(N4CCN(CCNC(=O)CCOCCOCCC(=O)NC(C(=O)N5C[C@H](O)C[C@H]5C(=O)NCc5ccc(-c6scnc6C)cc5)C(C)(C)C)CC4)nc3)cc3c2cnn3C(C)C)c(=O)[nH]1. The summed E-state index contributed by atoms with van der Waals surface area (Å²) < 4.78 is 13.2. The zero-order valence-corrected chi connectivity index (χ0v) is 49.1. The first-order valence-electron chi connectivity index (χ1n) is 28.1. The van der Waals surface area contributed by atoms with E-state index in [0.29, 0.717) is 24.2 Å². The lowest BCUT2D eigenvalue weighted by Crippen LogP contribution is -2.57. The molecule has 6 heterocycles. The number of aromatic nitrogens is 5.